The molecule has 3 aromatic rings. The van der Waals surface area contributed by atoms with Gasteiger partial charge >= 0.3 is 0 Å². The lowest BCUT2D eigenvalue weighted by atomic mass is 10.2. The number of hydrogen-bond acceptors (Lipinski definition) is 3. The molecular formula is C15H16N4. The summed E-state index contributed by atoms with van der Waals surface area (Å²) in [5.74, 6) is 0.582. The molecule has 96 valence electrons. The molecule has 2 N–H and O–H groups in total. The fourth-order valence-electron chi connectivity index (χ4n) is 2.33. The van der Waals surface area contributed by atoms with E-state index in [2.05, 4.69) is 33.6 Å². The van der Waals surface area contributed by atoms with Crippen LogP contribution in [-0.4, -0.2) is 14.5 Å². The van der Waals surface area contributed by atoms with Crippen LogP contribution in [0, 0.1) is 6.92 Å². The molecule has 0 saturated carbocycles. The maximum atomic E-state index is 6.03. The second-order valence-electron chi connectivity index (χ2n) is 4.67. The summed E-state index contributed by atoms with van der Waals surface area (Å²) in [6.07, 6.45) is 4.55. The summed E-state index contributed by atoms with van der Waals surface area (Å²) in [6, 6.07) is 10.2. The normalized spacial score (nSPS) is 11.0. The third kappa shape index (κ3) is 2.17. The van der Waals surface area contributed by atoms with Gasteiger partial charge in [0.15, 0.2) is 0 Å². The van der Waals surface area contributed by atoms with Gasteiger partial charge in [0.1, 0.15) is 0 Å². The van der Waals surface area contributed by atoms with Gasteiger partial charge < -0.3 is 10.3 Å². The molecule has 4 nitrogen and oxygen atoms in total. The van der Waals surface area contributed by atoms with Crippen LogP contribution in [0.3, 0.4) is 0 Å². The third-order valence-electron chi connectivity index (χ3n) is 3.38. The smallest absolute Gasteiger partial charge is 0.201 e. The first-order valence-corrected chi connectivity index (χ1v) is 6.36. The Hall–Kier alpha value is -2.36. The zero-order valence-corrected chi connectivity index (χ0v) is 10.9. The van der Waals surface area contributed by atoms with Gasteiger partial charge in [-0.05, 0) is 42.7 Å². The number of rotatable bonds is 3. The average molecular weight is 252 g/mol. The molecule has 3 rings (SSSR count). The molecule has 0 spiro atoms. The molecule has 1 aromatic carbocycles. The Labute approximate surface area is 111 Å². The van der Waals surface area contributed by atoms with Gasteiger partial charge in [0.2, 0.25) is 5.95 Å². The van der Waals surface area contributed by atoms with Crippen LogP contribution in [0.15, 0.2) is 42.7 Å². The molecule has 0 fully saturated rings. The van der Waals surface area contributed by atoms with Crippen LogP contribution < -0.4 is 5.73 Å². The minimum Gasteiger partial charge on any atom is -0.369 e. The molecular weight excluding hydrogens is 236 g/mol. The van der Waals surface area contributed by atoms with Crippen molar-refractivity contribution in [2.45, 2.75) is 19.9 Å². The Morgan fingerprint density at radius 1 is 1.16 bits per heavy atom. The molecule has 0 aliphatic rings. The molecule has 2 aromatic heterocycles. The summed E-state index contributed by atoms with van der Waals surface area (Å²) in [7, 11) is 0. The molecule has 0 bridgehead atoms. The van der Waals surface area contributed by atoms with Gasteiger partial charge in [-0.1, -0.05) is 12.1 Å². The molecule has 0 atom stereocenters. The number of hydrogen-bond donors (Lipinski definition) is 1. The summed E-state index contributed by atoms with van der Waals surface area (Å²) in [5.41, 5.74) is 10.5. The largest absolute Gasteiger partial charge is 0.369 e. The van der Waals surface area contributed by atoms with Crippen molar-refractivity contribution in [2.75, 3.05) is 5.73 Å². The van der Waals surface area contributed by atoms with E-state index < -0.39 is 0 Å². The summed E-state index contributed by atoms with van der Waals surface area (Å²) < 4.78 is 2.07. The van der Waals surface area contributed by atoms with Gasteiger partial charge in [-0.15, -0.1) is 0 Å². The maximum Gasteiger partial charge on any atom is 0.201 e. The monoisotopic (exact) mass is 252 g/mol. The molecule has 4 heteroatoms. The Balaban J connectivity index is 1.93. The topological polar surface area (TPSA) is 56.7 Å². The number of pyridine rings is 1. The number of nitrogen functional groups attached to an aromatic ring is 1. The lowest BCUT2D eigenvalue weighted by Crippen LogP contribution is -2.05. The van der Waals surface area contributed by atoms with Gasteiger partial charge in [0.25, 0.3) is 0 Å². The standard InChI is InChI=1S/C15H16N4/c1-11-3-2-4-13-14(11)18-15(16)19(13)10-7-12-5-8-17-9-6-12/h2-6,8-9H,7,10H2,1H3,(H2,16,18). The van der Waals surface area contributed by atoms with Gasteiger partial charge in [-0.2, -0.15) is 0 Å². The van der Waals surface area contributed by atoms with Crippen LogP contribution in [0.5, 0.6) is 0 Å². The quantitative estimate of drug-likeness (QED) is 0.779. The van der Waals surface area contributed by atoms with Crippen LogP contribution in [0.2, 0.25) is 0 Å². The Morgan fingerprint density at radius 3 is 2.74 bits per heavy atom. The predicted octanol–water partition coefficient (Wildman–Crippen LogP) is 2.56. The number of nitrogens with zero attached hydrogens (tertiary/aromatic N) is 3. The number of fused-ring (bicyclic) bond motifs is 1. The maximum absolute atomic E-state index is 6.03. The third-order valence-corrected chi connectivity index (χ3v) is 3.38. The van der Waals surface area contributed by atoms with E-state index in [0.29, 0.717) is 5.95 Å². The summed E-state index contributed by atoms with van der Waals surface area (Å²) >= 11 is 0. The van der Waals surface area contributed by atoms with Gasteiger partial charge in [-0.25, -0.2) is 4.98 Å². The molecule has 0 unspecified atom stereocenters. The number of aromatic nitrogens is 3. The second kappa shape index (κ2) is 4.72. The number of anilines is 1. The minimum atomic E-state index is 0.582. The molecule has 0 amide bonds. The van der Waals surface area contributed by atoms with Crippen LogP contribution >= 0.6 is 0 Å². The van der Waals surface area contributed by atoms with E-state index in [0.717, 1.165) is 29.6 Å². The zero-order chi connectivity index (χ0) is 13.2. The first-order valence-electron chi connectivity index (χ1n) is 6.36. The number of imidazole rings is 1. The fraction of sp³-hybridized carbons (Fsp3) is 0.200. The summed E-state index contributed by atoms with van der Waals surface area (Å²) in [5, 5.41) is 0. The molecule has 0 aliphatic heterocycles. The highest BCUT2D eigenvalue weighted by molar-refractivity contribution is 5.81. The fourth-order valence-corrected chi connectivity index (χ4v) is 2.33. The molecule has 0 saturated heterocycles. The highest BCUT2D eigenvalue weighted by atomic mass is 15.1. The SMILES string of the molecule is Cc1cccc2c1nc(N)n2CCc1ccncc1. The van der Waals surface area contributed by atoms with Crippen LogP contribution in [0.1, 0.15) is 11.1 Å². The number of benzene rings is 1. The molecule has 2 heterocycles. The Kier molecular flexibility index (Phi) is 2.91. The minimum absolute atomic E-state index is 0.582. The van der Waals surface area contributed by atoms with E-state index in [4.69, 9.17) is 5.73 Å². The summed E-state index contributed by atoms with van der Waals surface area (Å²) in [6.45, 7) is 2.89. The molecule has 0 aliphatic carbocycles. The number of aryl methyl sites for hydroxylation is 3. The van der Waals surface area contributed by atoms with E-state index in [1.807, 2.05) is 30.6 Å². The van der Waals surface area contributed by atoms with E-state index in [9.17, 15) is 0 Å². The van der Waals surface area contributed by atoms with Crippen molar-refractivity contribution in [2.24, 2.45) is 0 Å². The van der Waals surface area contributed by atoms with Crippen LogP contribution in [0.4, 0.5) is 5.95 Å². The Morgan fingerprint density at radius 2 is 1.95 bits per heavy atom. The van der Waals surface area contributed by atoms with Crippen molar-refractivity contribution >= 4 is 17.0 Å². The van der Waals surface area contributed by atoms with E-state index in [-0.39, 0.29) is 0 Å². The Bertz CT molecular complexity index is 701. The summed E-state index contributed by atoms with van der Waals surface area (Å²) in [4.78, 5) is 8.48. The lowest BCUT2D eigenvalue weighted by Gasteiger charge is -2.06. The van der Waals surface area contributed by atoms with Crippen molar-refractivity contribution < 1.29 is 0 Å². The van der Waals surface area contributed by atoms with E-state index in [1.165, 1.54) is 5.56 Å². The lowest BCUT2D eigenvalue weighted by molar-refractivity contribution is 0.725. The number of nitrogens with two attached hydrogens (primary N) is 1. The van der Waals surface area contributed by atoms with Crippen LogP contribution in [-0.2, 0) is 13.0 Å². The molecule has 0 radical (unpaired) electrons. The van der Waals surface area contributed by atoms with E-state index in [1.54, 1.807) is 0 Å². The zero-order valence-electron chi connectivity index (χ0n) is 10.9. The van der Waals surface area contributed by atoms with Gasteiger partial charge in [-0.3, -0.25) is 4.98 Å². The highest BCUT2D eigenvalue weighted by Crippen LogP contribution is 2.21. The van der Waals surface area contributed by atoms with Crippen molar-refractivity contribution in [3.05, 3.63) is 53.9 Å². The van der Waals surface area contributed by atoms with Crippen molar-refractivity contribution in [3.8, 4) is 0 Å². The first-order chi connectivity index (χ1) is 9.25. The predicted molar refractivity (Wildman–Crippen MR) is 76.8 cm³/mol. The van der Waals surface area contributed by atoms with Gasteiger partial charge in [0.05, 0.1) is 11.0 Å². The first kappa shape index (κ1) is 11.7. The van der Waals surface area contributed by atoms with E-state index >= 15 is 0 Å². The second-order valence-corrected chi connectivity index (χ2v) is 4.67. The number of para-hydroxylation sites is 1. The van der Waals surface area contributed by atoms with Crippen LogP contribution in [0.25, 0.3) is 11.0 Å². The van der Waals surface area contributed by atoms with Gasteiger partial charge in [0, 0.05) is 18.9 Å². The van der Waals surface area contributed by atoms with Crippen molar-refractivity contribution in [1.29, 1.82) is 0 Å². The highest BCUT2D eigenvalue weighted by Gasteiger charge is 2.09. The molecule has 19 heavy (non-hydrogen) atoms. The van der Waals surface area contributed by atoms with Crippen molar-refractivity contribution in [1.82, 2.24) is 14.5 Å². The average Bonchev–Trinajstić information content (AvgIpc) is 2.75. The van der Waals surface area contributed by atoms with Crippen molar-refractivity contribution in [3.63, 3.8) is 0 Å².